The second-order valence-corrected chi connectivity index (χ2v) is 8.99. The molecule has 1 amide bonds. The third kappa shape index (κ3) is 4.90. The molecule has 0 saturated carbocycles. The first-order chi connectivity index (χ1) is 15.3. The molecule has 1 aromatic carbocycles. The van der Waals surface area contributed by atoms with Crippen LogP contribution in [0.3, 0.4) is 0 Å². The van der Waals surface area contributed by atoms with Crippen LogP contribution in [0.5, 0.6) is 11.8 Å². The van der Waals surface area contributed by atoms with Crippen molar-refractivity contribution in [3.05, 3.63) is 78.0 Å². The van der Waals surface area contributed by atoms with Crippen LogP contribution in [0.1, 0.15) is 10.4 Å². The molecule has 0 bridgehead atoms. The molecule has 0 atom stereocenters. The Hall–Kier alpha value is -3.83. The zero-order valence-electron chi connectivity index (χ0n) is 16.5. The molecule has 4 aromatic rings. The Morgan fingerprint density at radius 1 is 1.09 bits per heavy atom. The maximum Gasteiger partial charge on any atom is 0.321 e. The van der Waals surface area contributed by atoms with Gasteiger partial charge >= 0.3 is 6.01 Å². The third-order valence-corrected chi connectivity index (χ3v) is 5.42. The van der Waals surface area contributed by atoms with Crippen LogP contribution < -0.4 is 10.1 Å². The van der Waals surface area contributed by atoms with E-state index in [1.54, 1.807) is 36.8 Å². The summed E-state index contributed by atoms with van der Waals surface area (Å²) in [6.45, 7) is 0. The Balaban J connectivity index is 1.58. The van der Waals surface area contributed by atoms with Crippen molar-refractivity contribution >= 4 is 33.0 Å². The molecule has 0 radical (unpaired) electrons. The van der Waals surface area contributed by atoms with E-state index in [9.17, 15) is 13.2 Å². The number of nitrogens with zero attached hydrogens (tertiary/aromatic N) is 5. The lowest BCUT2D eigenvalue weighted by atomic mass is 10.3. The van der Waals surface area contributed by atoms with E-state index < -0.39 is 15.7 Å². The van der Waals surface area contributed by atoms with Gasteiger partial charge in [0.1, 0.15) is 0 Å². The smallest absolute Gasteiger partial charge is 0.321 e. The first-order valence-corrected chi connectivity index (χ1v) is 11.3. The van der Waals surface area contributed by atoms with Gasteiger partial charge < -0.3 is 10.1 Å². The number of carbonyl (C=O) groups is 1. The number of carbonyl (C=O) groups excluding carboxylic acids is 1. The molecule has 10 nitrogen and oxygen atoms in total. The average molecular weight is 471 g/mol. The first-order valence-electron chi connectivity index (χ1n) is 9.06. The van der Waals surface area contributed by atoms with Crippen molar-refractivity contribution < 1.29 is 17.9 Å². The highest BCUT2D eigenvalue weighted by atomic mass is 35.5. The second kappa shape index (κ2) is 8.73. The maximum atomic E-state index is 12.7. The molecule has 0 fully saturated rings. The van der Waals surface area contributed by atoms with Gasteiger partial charge in [-0.3, -0.25) is 4.79 Å². The summed E-state index contributed by atoms with van der Waals surface area (Å²) in [7, 11) is -3.50. The zero-order chi connectivity index (χ0) is 22.7. The van der Waals surface area contributed by atoms with E-state index in [1.165, 1.54) is 35.3 Å². The van der Waals surface area contributed by atoms with Gasteiger partial charge in [0, 0.05) is 41.8 Å². The van der Waals surface area contributed by atoms with Crippen LogP contribution in [0.15, 0.2) is 72.3 Å². The zero-order valence-corrected chi connectivity index (χ0v) is 18.1. The molecule has 162 valence electrons. The molecule has 0 spiro atoms. The summed E-state index contributed by atoms with van der Waals surface area (Å²) in [6.07, 6.45) is 8.49. The normalized spacial score (nSPS) is 11.2. The summed E-state index contributed by atoms with van der Waals surface area (Å²) >= 11 is 5.99. The number of ether oxygens (including phenoxy) is 1. The fraction of sp³-hybridized carbons (Fsp3) is 0.0500. The number of hydrogen-bond acceptors (Lipinski definition) is 8. The van der Waals surface area contributed by atoms with Crippen molar-refractivity contribution in [3.63, 3.8) is 0 Å². The van der Waals surface area contributed by atoms with E-state index in [0.29, 0.717) is 11.6 Å². The third-order valence-electron chi connectivity index (χ3n) is 4.11. The van der Waals surface area contributed by atoms with E-state index in [-0.39, 0.29) is 27.2 Å². The molecule has 0 unspecified atom stereocenters. The van der Waals surface area contributed by atoms with E-state index in [0.717, 1.165) is 6.26 Å². The van der Waals surface area contributed by atoms with Crippen molar-refractivity contribution in [2.45, 2.75) is 4.90 Å². The largest absolute Gasteiger partial charge is 0.420 e. The highest BCUT2D eigenvalue weighted by Crippen LogP contribution is 2.25. The van der Waals surface area contributed by atoms with E-state index in [4.69, 9.17) is 16.3 Å². The lowest BCUT2D eigenvalue weighted by molar-refractivity contribution is 0.102. The summed E-state index contributed by atoms with van der Waals surface area (Å²) in [4.78, 5) is 25.0. The Bertz CT molecular complexity index is 1390. The summed E-state index contributed by atoms with van der Waals surface area (Å²) in [5.74, 6) is 0.144. The van der Waals surface area contributed by atoms with Gasteiger partial charge in [-0.25, -0.2) is 28.1 Å². The quantitative estimate of drug-likeness (QED) is 0.455. The standard InChI is InChI=1S/C20H15ClN6O4S/c1-32(29,30)16-9-14(21)8-15(10-16)26-19(28)13-11-25-27(12-13)18-17(4-2-5-22-18)31-20-23-6-3-7-24-20/h2-12H,1H3,(H,26,28). The van der Waals surface area contributed by atoms with E-state index in [1.807, 2.05) is 0 Å². The predicted molar refractivity (Wildman–Crippen MR) is 116 cm³/mol. The number of pyridine rings is 1. The molecule has 3 heterocycles. The highest BCUT2D eigenvalue weighted by molar-refractivity contribution is 7.90. The SMILES string of the molecule is CS(=O)(=O)c1cc(Cl)cc(NC(=O)c2cnn(-c3ncccc3Oc3ncccn3)c2)c1. The van der Waals surface area contributed by atoms with Crippen molar-refractivity contribution in [2.75, 3.05) is 11.6 Å². The monoisotopic (exact) mass is 470 g/mol. The predicted octanol–water partition coefficient (Wildman–Crippen LogP) is 3.16. The summed E-state index contributed by atoms with van der Waals surface area (Å²) in [5, 5.41) is 6.97. The van der Waals surface area contributed by atoms with Gasteiger partial charge in [0.25, 0.3) is 5.91 Å². The summed E-state index contributed by atoms with van der Waals surface area (Å²) in [5.41, 5.74) is 0.442. The summed E-state index contributed by atoms with van der Waals surface area (Å²) in [6, 6.07) is 9.22. The molecular formula is C20H15ClN6O4S. The Morgan fingerprint density at radius 2 is 1.84 bits per heavy atom. The Labute approximate surface area is 187 Å². The minimum atomic E-state index is -3.50. The molecule has 0 aliphatic heterocycles. The lowest BCUT2D eigenvalue weighted by Crippen LogP contribution is -2.12. The van der Waals surface area contributed by atoms with Crippen LogP contribution in [0.2, 0.25) is 5.02 Å². The molecule has 1 N–H and O–H groups in total. The number of anilines is 1. The Morgan fingerprint density at radius 3 is 2.59 bits per heavy atom. The number of amides is 1. The van der Waals surface area contributed by atoms with E-state index in [2.05, 4.69) is 25.4 Å². The molecule has 4 rings (SSSR count). The van der Waals surface area contributed by atoms with Crippen LogP contribution >= 0.6 is 11.6 Å². The molecule has 0 aliphatic rings. The topological polar surface area (TPSA) is 129 Å². The fourth-order valence-electron chi connectivity index (χ4n) is 2.68. The number of aromatic nitrogens is 5. The molecule has 12 heteroatoms. The van der Waals surface area contributed by atoms with Gasteiger partial charge in [0.15, 0.2) is 21.4 Å². The van der Waals surface area contributed by atoms with Crippen molar-refractivity contribution in [3.8, 4) is 17.6 Å². The number of nitrogens with one attached hydrogen (secondary N) is 1. The molecular weight excluding hydrogens is 456 g/mol. The average Bonchev–Trinajstić information content (AvgIpc) is 3.24. The van der Waals surface area contributed by atoms with Gasteiger partial charge in [-0.2, -0.15) is 5.10 Å². The number of halogens is 1. The van der Waals surface area contributed by atoms with Crippen LogP contribution in [0.4, 0.5) is 5.69 Å². The van der Waals surface area contributed by atoms with Crippen molar-refractivity contribution in [2.24, 2.45) is 0 Å². The summed E-state index contributed by atoms with van der Waals surface area (Å²) < 4.78 is 30.6. The van der Waals surface area contributed by atoms with Gasteiger partial charge in [-0.15, -0.1) is 0 Å². The van der Waals surface area contributed by atoms with Crippen molar-refractivity contribution in [1.82, 2.24) is 24.7 Å². The van der Waals surface area contributed by atoms with Crippen LogP contribution in [-0.4, -0.2) is 45.3 Å². The van der Waals surface area contributed by atoms with Gasteiger partial charge in [0.05, 0.1) is 16.7 Å². The van der Waals surface area contributed by atoms with E-state index >= 15 is 0 Å². The van der Waals surface area contributed by atoms with Crippen LogP contribution in [0, 0.1) is 0 Å². The number of rotatable bonds is 6. The van der Waals surface area contributed by atoms with Gasteiger partial charge in [-0.1, -0.05) is 11.6 Å². The minimum absolute atomic E-state index is 0.00518. The molecule has 0 aliphatic carbocycles. The molecule has 0 saturated heterocycles. The first kappa shape index (κ1) is 21.4. The van der Waals surface area contributed by atoms with Gasteiger partial charge in [0.2, 0.25) is 0 Å². The second-order valence-electron chi connectivity index (χ2n) is 6.53. The molecule has 32 heavy (non-hydrogen) atoms. The number of hydrogen-bond donors (Lipinski definition) is 1. The fourth-order valence-corrected chi connectivity index (χ4v) is 3.66. The lowest BCUT2D eigenvalue weighted by Gasteiger charge is -2.08. The number of sulfone groups is 1. The minimum Gasteiger partial charge on any atom is -0.420 e. The highest BCUT2D eigenvalue weighted by Gasteiger charge is 2.16. The molecule has 3 aromatic heterocycles. The Kier molecular flexibility index (Phi) is 5.84. The maximum absolute atomic E-state index is 12.7. The van der Waals surface area contributed by atoms with Crippen LogP contribution in [-0.2, 0) is 9.84 Å². The van der Waals surface area contributed by atoms with Gasteiger partial charge in [-0.05, 0) is 36.4 Å². The number of benzene rings is 1. The van der Waals surface area contributed by atoms with Crippen LogP contribution in [0.25, 0.3) is 5.82 Å². The van der Waals surface area contributed by atoms with Crippen molar-refractivity contribution in [1.29, 1.82) is 0 Å².